The Bertz CT molecular complexity index is 504. The number of aryl methyl sites for hydroxylation is 1. The molecule has 0 bridgehead atoms. The van der Waals surface area contributed by atoms with Gasteiger partial charge >= 0.3 is 0 Å². The summed E-state index contributed by atoms with van der Waals surface area (Å²) in [4.78, 5) is 11.1. The van der Waals surface area contributed by atoms with Crippen LogP contribution in [0.15, 0.2) is 6.20 Å². The summed E-state index contributed by atoms with van der Waals surface area (Å²) in [5, 5.41) is 8.91. The summed E-state index contributed by atoms with van der Waals surface area (Å²) in [5.74, 6) is 1.78. The van der Waals surface area contributed by atoms with Crippen molar-refractivity contribution < 1.29 is 20.4 Å². The molecule has 0 N–H and O–H groups in total. The van der Waals surface area contributed by atoms with Crippen molar-refractivity contribution in [1.82, 2.24) is 20.2 Å². The van der Waals surface area contributed by atoms with Crippen molar-refractivity contribution in [1.29, 1.82) is 0 Å². The third kappa shape index (κ3) is 2.33. The minimum atomic E-state index is 0. The maximum absolute atomic E-state index is 4.53. The van der Waals surface area contributed by atoms with E-state index >= 15 is 0 Å². The number of rotatable bonds is 1. The second-order valence-corrected chi connectivity index (χ2v) is 4.22. The average molecular weight is 402 g/mol. The van der Waals surface area contributed by atoms with Crippen LogP contribution in [-0.4, -0.2) is 28.2 Å². The minimum Gasteiger partial charge on any atom is -0.422 e. The van der Waals surface area contributed by atoms with Crippen molar-refractivity contribution in [3.05, 3.63) is 12.0 Å². The van der Waals surface area contributed by atoms with E-state index in [1.54, 1.807) is 6.20 Å². The zero-order valence-electron chi connectivity index (χ0n) is 9.73. The third-order valence-corrected chi connectivity index (χ3v) is 3.01. The van der Waals surface area contributed by atoms with E-state index in [0.717, 1.165) is 30.1 Å². The first kappa shape index (κ1) is 12.5. The number of fused-ring (bicyclic) bond motifs is 1. The van der Waals surface area contributed by atoms with Gasteiger partial charge in [0.05, 0.1) is 0 Å². The number of hydrogen-bond acceptors (Lipinski definition) is 4. The van der Waals surface area contributed by atoms with Crippen molar-refractivity contribution in [2.24, 2.45) is 0 Å². The van der Waals surface area contributed by atoms with E-state index in [1.165, 1.54) is 19.3 Å². The van der Waals surface area contributed by atoms with Crippen LogP contribution in [0.2, 0.25) is 0 Å². The molecule has 0 spiro atoms. The van der Waals surface area contributed by atoms with Crippen molar-refractivity contribution in [2.75, 3.05) is 18.0 Å². The summed E-state index contributed by atoms with van der Waals surface area (Å²) < 4.78 is 0. The summed E-state index contributed by atoms with van der Waals surface area (Å²) in [6.45, 7) is 4.06. The van der Waals surface area contributed by atoms with Crippen LogP contribution in [0.4, 0.5) is 5.82 Å². The molecule has 6 heteroatoms. The first-order chi connectivity index (χ1) is 7.84. The Labute approximate surface area is 114 Å². The normalized spacial score (nSPS) is 15.9. The quantitative estimate of drug-likeness (QED) is 0.719. The largest absolute Gasteiger partial charge is 0.422 e. The van der Waals surface area contributed by atoms with Crippen molar-refractivity contribution >= 4 is 16.9 Å². The van der Waals surface area contributed by atoms with Crippen molar-refractivity contribution in [2.45, 2.75) is 26.2 Å². The van der Waals surface area contributed by atoms with E-state index in [4.69, 9.17) is 0 Å². The number of nitrogens with zero attached hydrogens (tertiary/aromatic N) is 5. The van der Waals surface area contributed by atoms with Crippen LogP contribution in [0, 0.1) is 6.92 Å². The van der Waals surface area contributed by atoms with Gasteiger partial charge in [0.15, 0.2) is 0 Å². The van der Waals surface area contributed by atoms with Crippen LogP contribution in [0.1, 0.15) is 25.1 Å². The van der Waals surface area contributed by atoms with Gasteiger partial charge in [-0.25, -0.2) is 4.98 Å². The van der Waals surface area contributed by atoms with Gasteiger partial charge in [0.1, 0.15) is 5.82 Å². The molecule has 0 aliphatic carbocycles. The summed E-state index contributed by atoms with van der Waals surface area (Å²) >= 11 is 0. The second kappa shape index (κ2) is 5.11. The van der Waals surface area contributed by atoms with E-state index in [0.29, 0.717) is 5.65 Å². The first-order valence-electron chi connectivity index (χ1n) is 5.72. The predicted molar refractivity (Wildman–Crippen MR) is 61.5 cm³/mol. The molecule has 5 nitrogen and oxygen atoms in total. The zero-order valence-corrected chi connectivity index (χ0v) is 12.4. The van der Waals surface area contributed by atoms with E-state index in [-0.39, 0.29) is 20.4 Å². The Hall–Kier alpha value is -0.988. The molecular formula is C11H14N5Re-. The molecule has 1 aliphatic rings. The van der Waals surface area contributed by atoms with Gasteiger partial charge in [-0.1, -0.05) is 0 Å². The number of anilines is 1. The zero-order chi connectivity index (χ0) is 11.0. The van der Waals surface area contributed by atoms with E-state index in [9.17, 15) is 0 Å². The third-order valence-electron chi connectivity index (χ3n) is 3.01. The van der Waals surface area contributed by atoms with Crippen LogP contribution in [0.3, 0.4) is 0 Å². The van der Waals surface area contributed by atoms with Gasteiger partial charge in [0, 0.05) is 50.9 Å². The van der Waals surface area contributed by atoms with Gasteiger partial charge in [0.25, 0.3) is 0 Å². The van der Waals surface area contributed by atoms with Crippen LogP contribution < -0.4 is 10.00 Å². The summed E-state index contributed by atoms with van der Waals surface area (Å²) in [5.41, 5.74) is 0.716. The topological polar surface area (TPSA) is 56.0 Å². The smallest absolute Gasteiger partial charge is 0.137 e. The van der Waals surface area contributed by atoms with Crippen LogP contribution in [0.5, 0.6) is 0 Å². The molecule has 1 aliphatic heterocycles. The minimum absolute atomic E-state index is 0. The molecule has 91 valence electrons. The van der Waals surface area contributed by atoms with Crippen molar-refractivity contribution in [3.63, 3.8) is 0 Å². The number of hydrogen-bond donors (Lipinski definition) is 0. The predicted octanol–water partition coefficient (Wildman–Crippen LogP) is 1.28. The first-order valence-corrected chi connectivity index (χ1v) is 5.72. The van der Waals surface area contributed by atoms with Crippen LogP contribution in [-0.2, 0) is 20.4 Å². The fourth-order valence-corrected chi connectivity index (χ4v) is 2.23. The Morgan fingerprint density at radius 2 is 1.94 bits per heavy atom. The molecule has 0 saturated carbocycles. The van der Waals surface area contributed by atoms with Gasteiger partial charge in [-0.3, -0.25) is 5.10 Å². The fourth-order valence-electron chi connectivity index (χ4n) is 2.23. The fraction of sp³-hybridized carbons (Fsp3) is 0.545. The van der Waals surface area contributed by atoms with Crippen LogP contribution >= 0.6 is 0 Å². The molecular weight excluding hydrogens is 388 g/mol. The average Bonchev–Trinajstić information content (AvgIpc) is 2.77. The van der Waals surface area contributed by atoms with E-state index in [2.05, 4.69) is 25.1 Å². The maximum atomic E-state index is 4.53. The summed E-state index contributed by atoms with van der Waals surface area (Å²) in [6.07, 6.45) is 5.57. The molecule has 1 fully saturated rings. The Kier molecular flexibility index (Phi) is 3.75. The summed E-state index contributed by atoms with van der Waals surface area (Å²) in [6, 6.07) is 0. The SMILES string of the molecule is Cc1nc(N2CCCCC2)c2cn[n-]c2n1.[Re]. The molecule has 3 heterocycles. The maximum Gasteiger partial charge on any atom is 0.137 e. The molecule has 1 radical (unpaired) electrons. The number of aromatic nitrogens is 4. The molecule has 17 heavy (non-hydrogen) atoms. The van der Waals surface area contributed by atoms with Gasteiger partial charge in [-0.15, -0.1) is 0 Å². The molecule has 2 aromatic heterocycles. The van der Waals surface area contributed by atoms with Gasteiger partial charge in [0.2, 0.25) is 0 Å². The molecule has 0 unspecified atom stereocenters. The van der Waals surface area contributed by atoms with Crippen LogP contribution in [0.25, 0.3) is 11.0 Å². The molecule has 0 aromatic carbocycles. The Morgan fingerprint density at radius 3 is 2.71 bits per heavy atom. The van der Waals surface area contributed by atoms with E-state index in [1.807, 2.05) is 6.92 Å². The molecule has 0 amide bonds. The molecule has 3 rings (SSSR count). The standard InChI is InChI=1S/C11H14N5.Re/c1-8-13-10-9(7-12-15-10)11(14-8)16-5-3-2-4-6-16;/h7H,2-6H2,1H3;/q-1;. The van der Waals surface area contributed by atoms with Crippen molar-refractivity contribution in [3.8, 4) is 0 Å². The van der Waals surface area contributed by atoms with Gasteiger partial charge < -0.3 is 15.0 Å². The van der Waals surface area contributed by atoms with E-state index < -0.39 is 0 Å². The molecule has 1 saturated heterocycles. The molecule has 0 atom stereocenters. The van der Waals surface area contributed by atoms with Gasteiger partial charge in [-0.2, -0.15) is 0 Å². The molecule has 2 aromatic rings. The second-order valence-electron chi connectivity index (χ2n) is 4.22. The summed E-state index contributed by atoms with van der Waals surface area (Å²) in [7, 11) is 0. The Balaban J connectivity index is 0.00000108. The van der Waals surface area contributed by atoms with Gasteiger partial charge in [-0.05, 0) is 31.8 Å². The monoisotopic (exact) mass is 403 g/mol. The number of piperidine rings is 1. The Morgan fingerprint density at radius 1 is 1.18 bits per heavy atom.